The van der Waals surface area contributed by atoms with Gasteiger partial charge >= 0.3 is 0 Å². The topological polar surface area (TPSA) is 66.5 Å². The van der Waals surface area contributed by atoms with Gasteiger partial charge in [0.25, 0.3) is 0 Å². The van der Waals surface area contributed by atoms with Crippen LogP contribution in [0, 0.1) is 5.92 Å². The first-order valence-corrected chi connectivity index (χ1v) is 11.1. The van der Waals surface area contributed by atoms with Crippen LogP contribution in [0.5, 0.6) is 0 Å². The summed E-state index contributed by atoms with van der Waals surface area (Å²) in [5.74, 6) is 0.445. The van der Waals surface area contributed by atoms with E-state index in [1.54, 1.807) is 13.0 Å². The summed E-state index contributed by atoms with van der Waals surface area (Å²) in [5, 5.41) is 3.01. The molecule has 2 unspecified atom stereocenters. The Hall–Kier alpha value is -2.34. The van der Waals surface area contributed by atoms with Crippen LogP contribution in [0.3, 0.4) is 0 Å². The molecule has 1 amide bonds. The number of nitrogens with zero attached hydrogens (tertiary/aromatic N) is 1. The fourth-order valence-corrected chi connectivity index (χ4v) is 5.07. The van der Waals surface area contributed by atoms with E-state index in [-0.39, 0.29) is 17.6 Å². The average molecular weight is 385 g/mol. The summed E-state index contributed by atoms with van der Waals surface area (Å²) < 4.78 is 26.1. The summed E-state index contributed by atoms with van der Waals surface area (Å²) in [4.78, 5) is 12.6. The Kier molecular flexibility index (Phi) is 4.68. The molecule has 27 heavy (non-hydrogen) atoms. The van der Waals surface area contributed by atoms with Crippen molar-refractivity contribution in [3.63, 3.8) is 0 Å². The van der Waals surface area contributed by atoms with Crippen LogP contribution in [-0.4, -0.2) is 26.6 Å². The predicted molar refractivity (Wildman–Crippen MR) is 107 cm³/mol. The number of carbonyl (C=O) groups excluding carboxylic acids is 1. The molecule has 2 atom stereocenters. The van der Waals surface area contributed by atoms with E-state index in [9.17, 15) is 13.2 Å². The van der Waals surface area contributed by atoms with Crippen molar-refractivity contribution in [2.24, 2.45) is 5.92 Å². The van der Waals surface area contributed by atoms with Crippen molar-refractivity contribution in [3.05, 3.63) is 59.7 Å². The highest BCUT2D eigenvalue weighted by Crippen LogP contribution is 2.48. The van der Waals surface area contributed by atoms with E-state index >= 15 is 0 Å². The van der Waals surface area contributed by atoms with E-state index in [0.29, 0.717) is 12.5 Å². The number of hydrogen-bond acceptors (Lipinski definition) is 3. The highest BCUT2D eigenvalue weighted by atomic mass is 32.2. The van der Waals surface area contributed by atoms with Crippen LogP contribution in [0.25, 0.3) is 0 Å². The van der Waals surface area contributed by atoms with Gasteiger partial charge in [-0.1, -0.05) is 30.3 Å². The van der Waals surface area contributed by atoms with Crippen LogP contribution >= 0.6 is 0 Å². The van der Waals surface area contributed by atoms with Gasteiger partial charge in [0.15, 0.2) is 0 Å². The van der Waals surface area contributed by atoms with Crippen LogP contribution in [0.15, 0.2) is 48.5 Å². The number of hydrogen-bond donors (Lipinski definition) is 1. The summed E-state index contributed by atoms with van der Waals surface area (Å²) in [7, 11) is -3.27. The monoisotopic (exact) mass is 384 g/mol. The van der Waals surface area contributed by atoms with Crippen LogP contribution < -0.4 is 9.62 Å². The average Bonchev–Trinajstić information content (AvgIpc) is 3.49. The minimum Gasteiger partial charge on any atom is -0.326 e. The van der Waals surface area contributed by atoms with Gasteiger partial charge in [-0.3, -0.25) is 9.10 Å². The van der Waals surface area contributed by atoms with Crippen molar-refractivity contribution in [3.8, 4) is 0 Å². The number of anilines is 2. The first kappa shape index (κ1) is 18.0. The van der Waals surface area contributed by atoms with E-state index < -0.39 is 10.0 Å². The lowest BCUT2D eigenvalue weighted by Crippen LogP contribution is -2.36. The van der Waals surface area contributed by atoms with E-state index in [1.165, 1.54) is 9.87 Å². The van der Waals surface area contributed by atoms with Gasteiger partial charge in [0.1, 0.15) is 0 Å². The van der Waals surface area contributed by atoms with Crippen molar-refractivity contribution in [2.75, 3.05) is 21.9 Å². The van der Waals surface area contributed by atoms with Crippen LogP contribution in [0.4, 0.5) is 11.4 Å². The zero-order chi connectivity index (χ0) is 19.0. The second-order valence-corrected chi connectivity index (χ2v) is 9.45. The number of fused-ring (bicyclic) bond motifs is 1. The molecule has 1 aliphatic carbocycles. The Morgan fingerprint density at radius 1 is 1.19 bits per heavy atom. The van der Waals surface area contributed by atoms with Gasteiger partial charge in [-0.05, 0) is 61.4 Å². The Morgan fingerprint density at radius 2 is 1.96 bits per heavy atom. The van der Waals surface area contributed by atoms with Gasteiger partial charge in [0.05, 0.1) is 11.4 Å². The molecule has 0 aromatic heterocycles. The quantitative estimate of drug-likeness (QED) is 0.858. The first-order chi connectivity index (χ1) is 13.0. The standard InChI is InChI=1S/C21H24N2O3S/c1-2-27(25,26)23-12-6-9-16-13-17(10-11-20(16)23)22-21(24)19-14-18(19)15-7-4-3-5-8-15/h3-5,7-8,10-11,13,18-19H,2,6,9,12,14H2,1H3,(H,22,24). The summed E-state index contributed by atoms with van der Waals surface area (Å²) in [6.45, 7) is 2.19. The Balaban J connectivity index is 1.48. The van der Waals surface area contributed by atoms with Gasteiger partial charge in [-0.25, -0.2) is 8.42 Å². The molecule has 2 aromatic carbocycles. The number of nitrogens with one attached hydrogen (secondary N) is 1. The van der Waals surface area contributed by atoms with Crippen LogP contribution in [-0.2, 0) is 21.2 Å². The maximum absolute atomic E-state index is 12.6. The van der Waals surface area contributed by atoms with Gasteiger partial charge in [-0.2, -0.15) is 0 Å². The van der Waals surface area contributed by atoms with E-state index in [4.69, 9.17) is 0 Å². The molecule has 6 heteroatoms. The smallest absolute Gasteiger partial charge is 0.234 e. The molecule has 2 aromatic rings. The SMILES string of the molecule is CCS(=O)(=O)N1CCCc2cc(NC(=O)C3CC3c3ccccc3)ccc21. The van der Waals surface area contributed by atoms with Gasteiger partial charge in [0.2, 0.25) is 15.9 Å². The molecule has 142 valence electrons. The van der Waals surface area contributed by atoms with Gasteiger partial charge < -0.3 is 5.32 Å². The molecule has 1 saturated carbocycles. The molecular formula is C21H24N2O3S. The van der Waals surface area contributed by atoms with E-state index in [1.807, 2.05) is 30.3 Å². The molecule has 0 bridgehead atoms. The summed E-state index contributed by atoms with van der Waals surface area (Å²) >= 11 is 0. The molecule has 0 spiro atoms. The van der Waals surface area contributed by atoms with Crippen LogP contribution in [0.1, 0.15) is 36.8 Å². The zero-order valence-corrected chi connectivity index (χ0v) is 16.2. The van der Waals surface area contributed by atoms with Crippen molar-refractivity contribution >= 4 is 27.3 Å². The number of benzene rings is 2. The molecule has 1 N–H and O–H groups in total. The third-order valence-corrected chi connectivity index (χ3v) is 7.26. The molecule has 1 fully saturated rings. The minimum atomic E-state index is -3.27. The number of aryl methyl sites for hydroxylation is 1. The molecule has 4 rings (SSSR count). The molecule has 0 saturated heterocycles. The highest BCUT2D eigenvalue weighted by Gasteiger charge is 2.43. The zero-order valence-electron chi connectivity index (χ0n) is 15.4. The van der Waals surface area contributed by atoms with Gasteiger partial charge in [-0.15, -0.1) is 0 Å². The fraction of sp³-hybridized carbons (Fsp3) is 0.381. The molecular weight excluding hydrogens is 360 g/mol. The fourth-order valence-electron chi connectivity index (χ4n) is 3.87. The lowest BCUT2D eigenvalue weighted by molar-refractivity contribution is -0.117. The van der Waals surface area contributed by atoms with Crippen molar-refractivity contribution < 1.29 is 13.2 Å². The number of amides is 1. The Bertz CT molecular complexity index is 957. The second-order valence-electron chi connectivity index (χ2n) is 7.27. The maximum Gasteiger partial charge on any atom is 0.234 e. The summed E-state index contributed by atoms with van der Waals surface area (Å²) in [5.41, 5.74) is 3.68. The Labute approximate surface area is 160 Å². The Morgan fingerprint density at radius 3 is 2.70 bits per heavy atom. The van der Waals surface area contributed by atoms with E-state index in [2.05, 4.69) is 17.4 Å². The predicted octanol–water partition coefficient (Wildman–Crippen LogP) is 3.53. The maximum atomic E-state index is 12.6. The summed E-state index contributed by atoms with van der Waals surface area (Å²) in [6, 6.07) is 15.7. The summed E-state index contributed by atoms with van der Waals surface area (Å²) in [6.07, 6.45) is 2.50. The second kappa shape index (κ2) is 7.00. The molecule has 0 radical (unpaired) electrons. The number of carbonyl (C=O) groups is 1. The third kappa shape index (κ3) is 3.58. The van der Waals surface area contributed by atoms with Crippen molar-refractivity contribution in [1.29, 1.82) is 0 Å². The molecule has 1 aliphatic heterocycles. The lowest BCUT2D eigenvalue weighted by Gasteiger charge is -2.30. The highest BCUT2D eigenvalue weighted by molar-refractivity contribution is 7.92. The van der Waals surface area contributed by atoms with Crippen LogP contribution in [0.2, 0.25) is 0 Å². The molecule has 1 heterocycles. The van der Waals surface area contributed by atoms with E-state index in [0.717, 1.165) is 36.2 Å². The lowest BCUT2D eigenvalue weighted by atomic mass is 10.0. The number of rotatable bonds is 5. The third-order valence-electron chi connectivity index (χ3n) is 5.48. The molecule has 2 aliphatic rings. The van der Waals surface area contributed by atoms with Gasteiger partial charge in [0, 0.05) is 18.2 Å². The molecule has 5 nitrogen and oxygen atoms in total. The normalized spacial score (nSPS) is 21.4. The number of sulfonamides is 1. The first-order valence-electron chi connectivity index (χ1n) is 9.49. The van der Waals surface area contributed by atoms with Crippen molar-refractivity contribution in [2.45, 2.75) is 32.1 Å². The van der Waals surface area contributed by atoms with Crippen molar-refractivity contribution in [1.82, 2.24) is 0 Å². The minimum absolute atomic E-state index is 0.0143. The largest absolute Gasteiger partial charge is 0.326 e.